The van der Waals surface area contributed by atoms with Gasteiger partial charge in [-0.05, 0) is 49.5 Å². The Morgan fingerprint density at radius 3 is 2.69 bits per heavy atom. The zero-order valence-corrected chi connectivity index (χ0v) is 17.5. The number of rotatable bonds is 3. The molecule has 5 rings (SSSR count). The number of fused-ring (bicyclic) bond motifs is 1. The summed E-state index contributed by atoms with van der Waals surface area (Å²) in [6.07, 6.45) is 1.62. The number of halogens is 1. The van der Waals surface area contributed by atoms with Gasteiger partial charge in [0.05, 0.1) is 17.4 Å². The molecule has 9 heteroatoms. The minimum absolute atomic E-state index is 0.0201. The fraction of sp³-hybridized carbons (Fsp3) is 0.217. The highest BCUT2D eigenvalue weighted by Crippen LogP contribution is 2.20. The molecule has 4 aromatic rings. The van der Waals surface area contributed by atoms with Gasteiger partial charge in [-0.25, -0.2) is 9.07 Å². The fourth-order valence-electron chi connectivity index (χ4n) is 3.85. The summed E-state index contributed by atoms with van der Waals surface area (Å²) in [5.41, 5.74) is 2.08. The Bertz CT molecular complexity index is 1370. The van der Waals surface area contributed by atoms with Gasteiger partial charge in [0, 0.05) is 42.6 Å². The molecule has 2 aromatic heterocycles. The van der Waals surface area contributed by atoms with Crippen molar-refractivity contribution < 1.29 is 9.18 Å². The average molecular weight is 432 g/mol. The summed E-state index contributed by atoms with van der Waals surface area (Å²) in [7, 11) is 2.04. The highest BCUT2D eigenvalue weighted by molar-refractivity contribution is 5.94. The lowest BCUT2D eigenvalue weighted by Crippen LogP contribution is -2.47. The molecule has 0 spiro atoms. The minimum Gasteiger partial charge on any atom is -0.336 e. The van der Waals surface area contributed by atoms with Gasteiger partial charge in [0.2, 0.25) is 0 Å². The number of benzene rings is 2. The second-order valence-corrected chi connectivity index (χ2v) is 7.94. The van der Waals surface area contributed by atoms with Crippen LogP contribution in [-0.4, -0.2) is 68.9 Å². The molecular formula is C23H21FN6O2. The minimum atomic E-state index is -0.388. The van der Waals surface area contributed by atoms with E-state index in [9.17, 15) is 14.0 Å². The van der Waals surface area contributed by atoms with Crippen LogP contribution in [0.3, 0.4) is 0 Å². The van der Waals surface area contributed by atoms with E-state index in [1.165, 1.54) is 22.9 Å². The van der Waals surface area contributed by atoms with Crippen molar-refractivity contribution in [2.45, 2.75) is 0 Å². The Kier molecular flexibility index (Phi) is 5.02. The summed E-state index contributed by atoms with van der Waals surface area (Å²) >= 11 is 0. The summed E-state index contributed by atoms with van der Waals surface area (Å²) in [6, 6.07) is 12.9. The summed E-state index contributed by atoms with van der Waals surface area (Å²) in [6.45, 7) is 3.08. The predicted molar refractivity (Wildman–Crippen MR) is 118 cm³/mol. The van der Waals surface area contributed by atoms with E-state index in [1.54, 1.807) is 30.5 Å². The molecular weight excluding hydrogens is 411 g/mol. The number of H-pyrrole nitrogens is 1. The number of carbonyl (C=O) groups excluding carboxylic acids is 1. The third-order valence-corrected chi connectivity index (χ3v) is 5.72. The van der Waals surface area contributed by atoms with Gasteiger partial charge in [0.1, 0.15) is 11.5 Å². The average Bonchev–Trinajstić information content (AvgIpc) is 3.29. The molecule has 3 heterocycles. The summed E-state index contributed by atoms with van der Waals surface area (Å²) in [5.74, 6) is -0.408. The molecule has 0 atom stereocenters. The highest BCUT2D eigenvalue weighted by Gasteiger charge is 2.21. The van der Waals surface area contributed by atoms with E-state index in [-0.39, 0.29) is 17.3 Å². The number of hydrogen-bond donors (Lipinski definition) is 1. The second kappa shape index (κ2) is 8.01. The number of aromatic nitrogens is 4. The number of amides is 1. The first-order valence-corrected chi connectivity index (χ1v) is 10.3. The van der Waals surface area contributed by atoms with Crippen LogP contribution in [0, 0.1) is 5.82 Å². The van der Waals surface area contributed by atoms with Crippen molar-refractivity contribution in [3.05, 3.63) is 76.5 Å². The molecule has 32 heavy (non-hydrogen) atoms. The van der Waals surface area contributed by atoms with Crippen molar-refractivity contribution in [1.82, 2.24) is 29.8 Å². The Morgan fingerprint density at radius 2 is 1.88 bits per heavy atom. The molecule has 2 aromatic carbocycles. The van der Waals surface area contributed by atoms with Crippen LogP contribution in [0.5, 0.6) is 0 Å². The first kappa shape index (κ1) is 20.1. The van der Waals surface area contributed by atoms with E-state index in [0.717, 1.165) is 13.1 Å². The number of aromatic amines is 1. The molecule has 0 aliphatic carbocycles. The predicted octanol–water partition coefficient (Wildman–Crippen LogP) is 2.30. The van der Waals surface area contributed by atoms with Gasteiger partial charge in [-0.1, -0.05) is 11.3 Å². The number of hydrogen-bond acceptors (Lipinski definition) is 5. The zero-order valence-electron chi connectivity index (χ0n) is 17.5. The molecule has 0 unspecified atom stereocenters. The summed E-state index contributed by atoms with van der Waals surface area (Å²) in [4.78, 5) is 32.2. The lowest BCUT2D eigenvalue weighted by atomic mass is 10.1. The van der Waals surface area contributed by atoms with Gasteiger partial charge in [0.15, 0.2) is 0 Å². The summed E-state index contributed by atoms with van der Waals surface area (Å²) in [5, 5.41) is 8.82. The van der Waals surface area contributed by atoms with Gasteiger partial charge in [-0.2, -0.15) is 0 Å². The lowest BCUT2D eigenvalue weighted by Gasteiger charge is -2.32. The van der Waals surface area contributed by atoms with Crippen molar-refractivity contribution in [3.8, 4) is 16.9 Å². The van der Waals surface area contributed by atoms with Crippen LogP contribution in [0.15, 0.2) is 59.5 Å². The normalized spacial score (nSPS) is 14.8. The van der Waals surface area contributed by atoms with Crippen LogP contribution in [0.2, 0.25) is 0 Å². The molecule has 1 amide bonds. The monoisotopic (exact) mass is 432 g/mol. The van der Waals surface area contributed by atoms with Crippen molar-refractivity contribution in [1.29, 1.82) is 0 Å². The van der Waals surface area contributed by atoms with Crippen LogP contribution < -0.4 is 5.56 Å². The number of piperazine rings is 1. The molecule has 0 radical (unpaired) electrons. The molecule has 0 saturated carbocycles. The molecule has 1 aliphatic rings. The largest absolute Gasteiger partial charge is 0.336 e. The van der Waals surface area contributed by atoms with E-state index in [4.69, 9.17) is 0 Å². The first-order valence-electron chi connectivity index (χ1n) is 10.3. The van der Waals surface area contributed by atoms with E-state index in [2.05, 4.69) is 20.2 Å². The topological polar surface area (TPSA) is 87.1 Å². The van der Waals surface area contributed by atoms with E-state index in [0.29, 0.717) is 46.5 Å². The van der Waals surface area contributed by atoms with Crippen LogP contribution >= 0.6 is 0 Å². The van der Waals surface area contributed by atoms with Gasteiger partial charge < -0.3 is 14.8 Å². The van der Waals surface area contributed by atoms with Crippen LogP contribution in [0.4, 0.5) is 4.39 Å². The zero-order chi connectivity index (χ0) is 22.2. The number of carbonyl (C=O) groups is 1. The Labute approximate surface area is 182 Å². The first-order chi connectivity index (χ1) is 15.5. The standard InChI is InChI=1S/C23H21FN6O2/c1-28-7-9-29(10-8-28)23(32)15-3-2-4-18(12-15)30-14-21(26-27-30)19-13-16-11-17(24)5-6-20(16)25-22(19)31/h2-6,11-14H,7-10H2,1H3,(H,25,31). The third kappa shape index (κ3) is 3.78. The van der Waals surface area contributed by atoms with Crippen LogP contribution in [0.25, 0.3) is 27.8 Å². The number of nitrogens with one attached hydrogen (secondary N) is 1. The Balaban J connectivity index is 1.45. The SMILES string of the molecule is CN1CCN(C(=O)c2cccc(-n3cc(-c4cc5cc(F)ccc5[nH]c4=O)nn3)c2)CC1. The molecule has 1 saturated heterocycles. The molecule has 1 N–H and O–H groups in total. The van der Waals surface area contributed by atoms with E-state index >= 15 is 0 Å². The van der Waals surface area contributed by atoms with Gasteiger partial charge in [0.25, 0.3) is 11.5 Å². The highest BCUT2D eigenvalue weighted by atomic mass is 19.1. The van der Waals surface area contributed by atoms with Gasteiger partial charge in [-0.3, -0.25) is 9.59 Å². The maximum Gasteiger partial charge on any atom is 0.258 e. The second-order valence-electron chi connectivity index (χ2n) is 7.94. The fourth-order valence-corrected chi connectivity index (χ4v) is 3.85. The molecule has 1 fully saturated rings. The van der Waals surface area contributed by atoms with Crippen molar-refractivity contribution in [3.63, 3.8) is 0 Å². The molecule has 162 valence electrons. The van der Waals surface area contributed by atoms with Crippen molar-refractivity contribution in [2.24, 2.45) is 0 Å². The maximum atomic E-state index is 13.6. The van der Waals surface area contributed by atoms with Crippen LogP contribution in [0.1, 0.15) is 10.4 Å². The molecule has 0 bridgehead atoms. The van der Waals surface area contributed by atoms with Gasteiger partial charge in [-0.15, -0.1) is 5.10 Å². The molecule has 1 aliphatic heterocycles. The lowest BCUT2D eigenvalue weighted by molar-refractivity contribution is 0.0664. The van der Waals surface area contributed by atoms with E-state index in [1.807, 2.05) is 18.0 Å². The number of pyridine rings is 1. The maximum absolute atomic E-state index is 13.6. The summed E-state index contributed by atoms with van der Waals surface area (Å²) < 4.78 is 15.1. The van der Waals surface area contributed by atoms with Crippen LogP contribution in [-0.2, 0) is 0 Å². The number of nitrogens with zero attached hydrogens (tertiary/aromatic N) is 5. The molecule has 8 nitrogen and oxygen atoms in total. The van der Waals surface area contributed by atoms with E-state index < -0.39 is 0 Å². The third-order valence-electron chi connectivity index (χ3n) is 5.72. The van der Waals surface area contributed by atoms with Crippen molar-refractivity contribution in [2.75, 3.05) is 33.2 Å². The smallest absolute Gasteiger partial charge is 0.258 e. The number of likely N-dealkylation sites (N-methyl/N-ethyl adjacent to an activating group) is 1. The van der Waals surface area contributed by atoms with Gasteiger partial charge >= 0.3 is 0 Å². The van der Waals surface area contributed by atoms with Crippen molar-refractivity contribution >= 4 is 16.8 Å². The quantitative estimate of drug-likeness (QED) is 0.537. The Morgan fingerprint density at radius 1 is 1.06 bits per heavy atom. The Hall–Kier alpha value is -3.85.